The first kappa shape index (κ1) is 22.3. The van der Waals surface area contributed by atoms with Crippen LogP contribution in [0.1, 0.15) is 66.0 Å². The molecule has 0 radical (unpaired) electrons. The fourth-order valence-corrected chi connectivity index (χ4v) is 4.98. The van der Waals surface area contributed by atoms with Crippen molar-refractivity contribution in [3.8, 4) is 5.75 Å². The zero-order chi connectivity index (χ0) is 24.2. The summed E-state index contributed by atoms with van der Waals surface area (Å²) in [6.45, 7) is 10.6. The van der Waals surface area contributed by atoms with Crippen LogP contribution < -0.4 is 15.1 Å². The normalized spacial score (nSPS) is 15.7. The van der Waals surface area contributed by atoms with E-state index in [0.29, 0.717) is 34.0 Å². The quantitative estimate of drug-likeness (QED) is 0.393. The number of aryl methyl sites for hydroxylation is 1. The number of fused-ring (bicyclic) bond motifs is 2. The first-order chi connectivity index (χ1) is 16.2. The van der Waals surface area contributed by atoms with E-state index in [4.69, 9.17) is 9.15 Å². The number of anilines is 1. The summed E-state index contributed by atoms with van der Waals surface area (Å²) in [5, 5.41) is 9.86. The number of aromatic nitrogens is 2. The van der Waals surface area contributed by atoms with Gasteiger partial charge in [0.15, 0.2) is 5.43 Å². The lowest BCUT2D eigenvalue weighted by molar-refractivity contribution is 0.0970. The molecule has 0 aliphatic carbocycles. The average molecular weight is 476 g/mol. The summed E-state index contributed by atoms with van der Waals surface area (Å²) in [5.41, 5.74) is 2.35. The van der Waals surface area contributed by atoms with Crippen molar-refractivity contribution in [2.45, 2.75) is 46.1 Å². The summed E-state index contributed by atoms with van der Waals surface area (Å²) in [4.78, 5) is 28.9. The summed E-state index contributed by atoms with van der Waals surface area (Å²) in [6.07, 6.45) is 0. The van der Waals surface area contributed by atoms with Crippen LogP contribution in [0.5, 0.6) is 5.75 Å². The Kier molecular flexibility index (Phi) is 5.28. The van der Waals surface area contributed by atoms with Crippen molar-refractivity contribution >= 4 is 33.3 Å². The molecule has 2 aromatic heterocycles. The van der Waals surface area contributed by atoms with E-state index in [-0.39, 0.29) is 16.6 Å². The van der Waals surface area contributed by atoms with Crippen LogP contribution in [0.4, 0.5) is 5.13 Å². The van der Waals surface area contributed by atoms with E-state index in [2.05, 4.69) is 31.0 Å². The average Bonchev–Trinajstić information content (AvgIpc) is 3.34. The van der Waals surface area contributed by atoms with Gasteiger partial charge < -0.3 is 9.15 Å². The van der Waals surface area contributed by atoms with Crippen molar-refractivity contribution in [2.24, 2.45) is 0 Å². The molecule has 174 valence electrons. The smallest absolute Gasteiger partial charge is 0.297 e. The summed E-state index contributed by atoms with van der Waals surface area (Å²) < 4.78 is 11.6. The van der Waals surface area contributed by atoms with E-state index in [0.717, 1.165) is 16.1 Å². The van der Waals surface area contributed by atoms with Crippen LogP contribution in [0.15, 0.2) is 51.7 Å². The van der Waals surface area contributed by atoms with Crippen LogP contribution in [0.2, 0.25) is 0 Å². The molecule has 34 heavy (non-hydrogen) atoms. The van der Waals surface area contributed by atoms with Gasteiger partial charge in [0.2, 0.25) is 10.9 Å². The molecule has 1 aliphatic rings. The fraction of sp³-hybridized carbons (Fsp3) is 0.308. The highest BCUT2D eigenvalue weighted by molar-refractivity contribution is 7.15. The molecule has 0 N–H and O–H groups in total. The molecule has 3 heterocycles. The van der Waals surface area contributed by atoms with Crippen LogP contribution in [0, 0.1) is 6.92 Å². The Labute approximate surface area is 201 Å². The van der Waals surface area contributed by atoms with Gasteiger partial charge in [0.1, 0.15) is 16.3 Å². The van der Waals surface area contributed by atoms with Crippen LogP contribution >= 0.6 is 11.3 Å². The van der Waals surface area contributed by atoms with E-state index in [9.17, 15) is 9.59 Å². The molecule has 1 amide bonds. The topological polar surface area (TPSA) is 85.5 Å². The molecule has 1 aliphatic heterocycles. The molecule has 1 atom stereocenters. The maximum absolute atomic E-state index is 13.7. The minimum Gasteiger partial charge on any atom is -0.494 e. The van der Waals surface area contributed by atoms with E-state index in [1.54, 1.807) is 18.2 Å². The second kappa shape index (κ2) is 8.06. The Morgan fingerprint density at radius 3 is 2.44 bits per heavy atom. The van der Waals surface area contributed by atoms with Gasteiger partial charge in [0.05, 0.1) is 23.6 Å². The first-order valence-corrected chi connectivity index (χ1v) is 12.0. The van der Waals surface area contributed by atoms with Crippen molar-refractivity contribution in [1.29, 1.82) is 0 Å². The highest BCUT2D eigenvalue weighted by Crippen LogP contribution is 2.42. The molecule has 4 aromatic rings. The number of hydrogen-bond acceptors (Lipinski definition) is 7. The highest BCUT2D eigenvalue weighted by atomic mass is 32.1. The standard InChI is InChI=1S/C26H25N3O4S/c1-6-32-17-11-12-18-19(13-17)33-23-20(22(18)30)21(15-7-9-16(10-8-15)26(3,4)5)29(24(23)31)25-28-27-14(2)34-25/h7-13,21H,6H2,1-5H3. The predicted octanol–water partition coefficient (Wildman–Crippen LogP) is 5.40. The number of ether oxygens (including phenoxy) is 1. The van der Waals surface area contributed by atoms with Crippen LogP contribution in [-0.2, 0) is 5.41 Å². The molecule has 7 nitrogen and oxygen atoms in total. The fourth-order valence-electron chi connectivity index (χ4n) is 4.27. The zero-order valence-electron chi connectivity index (χ0n) is 19.7. The summed E-state index contributed by atoms with van der Waals surface area (Å²) >= 11 is 1.30. The Morgan fingerprint density at radius 2 is 1.82 bits per heavy atom. The number of rotatable bonds is 4. The third kappa shape index (κ3) is 3.58. The second-order valence-corrected chi connectivity index (χ2v) is 10.5. The van der Waals surface area contributed by atoms with Gasteiger partial charge in [-0.1, -0.05) is 56.4 Å². The lowest BCUT2D eigenvalue weighted by atomic mass is 9.86. The minimum absolute atomic E-state index is 0.0224. The number of amides is 1. The third-order valence-corrected chi connectivity index (χ3v) is 6.81. The maximum atomic E-state index is 13.7. The first-order valence-electron chi connectivity index (χ1n) is 11.2. The molecular formula is C26H25N3O4S. The molecular weight excluding hydrogens is 450 g/mol. The largest absolute Gasteiger partial charge is 0.494 e. The Bertz CT molecular complexity index is 1460. The molecule has 2 aromatic carbocycles. The maximum Gasteiger partial charge on any atom is 0.297 e. The molecule has 0 saturated heterocycles. The zero-order valence-corrected chi connectivity index (χ0v) is 20.5. The minimum atomic E-state index is -0.656. The van der Waals surface area contributed by atoms with Crippen molar-refractivity contribution in [2.75, 3.05) is 11.5 Å². The van der Waals surface area contributed by atoms with Gasteiger partial charge in [0.25, 0.3) is 5.91 Å². The SMILES string of the molecule is CCOc1ccc2c(=O)c3c(oc2c1)C(=O)N(c1nnc(C)s1)C3c1ccc(C(C)(C)C)cc1. The Balaban J connectivity index is 1.73. The van der Waals surface area contributed by atoms with Crippen LogP contribution in [-0.4, -0.2) is 22.7 Å². The molecule has 1 unspecified atom stereocenters. The lowest BCUT2D eigenvalue weighted by Gasteiger charge is -2.24. The number of carbonyl (C=O) groups excluding carboxylic acids is 1. The lowest BCUT2D eigenvalue weighted by Crippen LogP contribution is -2.29. The number of nitrogens with zero attached hydrogens (tertiary/aromatic N) is 3. The van der Waals surface area contributed by atoms with Gasteiger partial charge in [-0.3, -0.25) is 14.5 Å². The summed E-state index contributed by atoms with van der Waals surface area (Å²) in [7, 11) is 0. The van der Waals surface area contributed by atoms with Gasteiger partial charge in [-0.25, -0.2) is 0 Å². The predicted molar refractivity (Wildman–Crippen MR) is 132 cm³/mol. The molecule has 0 fully saturated rings. The van der Waals surface area contributed by atoms with E-state index < -0.39 is 11.9 Å². The second-order valence-electron chi connectivity index (χ2n) is 9.32. The van der Waals surface area contributed by atoms with Gasteiger partial charge in [-0.05, 0) is 42.5 Å². The van der Waals surface area contributed by atoms with E-state index >= 15 is 0 Å². The monoisotopic (exact) mass is 475 g/mol. The van der Waals surface area contributed by atoms with Gasteiger partial charge in [-0.2, -0.15) is 0 Å². The summed E-state index contributed by atoms with van der Waals surface area (Å²) in [6, 6.07) is 12.4. The van der Waals surface area contributed by atoms with E-state index in [1.165, 1.54) is 16.2 Å². The van der Waals surface area contributed by atoms with Crippen LogP contribution in [0.25, 0.3) is 11.0 Å². The van der Waals surface area contributed by atoms with Gasteiger partial charge in [0, 0.05) is 6.07 Å². The number of hydrogen-bond donors (Lipinski definition) is 0. The Morgan fingerprint density at radius 1 is 1.09 bits per heavy atom. The van der Waals surface area contributed by atoms with Gasteiger partial charge >= 0.3 is 0 Å². The molecule has 5 rings (SSSR count). The molecule has 0 saturated carbocycles. The molecule has 0 bridgehead atoms. The van der Waals surface area contributed by atoms with Gasteiger partial charge in [-0.15, -0.1) is 10.2 Å². The Hall–Kier alpha value is -3.52. The van der Waals surface area contributed by atoms with Crippen molar-refractivity contribution in [3.63, 3.8) is 0 Å². The molecule has 0 spiro atoms. The van der Waals surface area contributed by atoms with Crippen molar-refractivity contribution in [1.82, 2.24) is 10.2 Å². The third-order valence-electron chi connectivity index (χ3n) is 5.97. The van der Waals surface area contributed by atoms with E-state index in [1.807, 2.05) is 38.1 Å². The molecule has 8 heteroatoms. The van der Waals surface area contributed by atoms with Crippen molar-refractivity contribution in [3.05, 3.63) is 80.1 Å². The van der Waals surface area contributed by atoms with Crippen molar-refractivity contribution < 1.29 is 13.9 Å². The number of benzene rings is 2. The highest BCUT2D eigenvalue weighted by Gasteiger charge is 2.45. The van der Waals surface area contributed by atoms with Crippen LogP contribution in [0.3, 0.4) is 0 Å². The summed E-state index contributed by atoms with van der Waals surface area (Å²) in [5.74, 6) is 0.204. The number of carbonyl (C=O) groups is 1.